The van der Waals surface area contributed by atoms with Crippen LogP contribution in [0.25, 0.3) is 0 Å². The molecular weight excluding hydrogens is 324 g/mol. The molecule has 132 valence electrons. The first-order valence-corrected chi connectivity index (χ1v) is 9.09. The first-order chi connectivity index (χ1) is 12.7. The average molecular weight is 346 g/mol. The summed E-state index contributed by atoms with van der Waals surface area (Å²) in [4.78, 5) is 19.4. The molecule has 0 amide bonds. The van der Waals surface area contributed by atoms with Crippen molar-refractivity contribution in [3.05, 3.63) is 83.1 Å². The summed E-state index contributed by atoms with van der Waals surface area (Å²) < 4.78 is 0. The van der Waals surface area contributed by atoms with Crippen LogP contribution in [0.15, 0.2) is 71.5 Å². The third-order valence-electron chi connectivity index (χ3n) is 5.21. The molecular formula is C22H22N2O2. The minimum Gasteiger partial charge on any atom is -0.377 e. The number of nitrogens with zero attached hydrogens (tertiary/aromatic N) is 2. The molecule has 0 unspecified atom stereocenters. The number of aryl methyl sites for hydroxylation is 1. The van der Waals surface area contributed by atoms with E-state index in [0.717, 1.165) is 37.1 Å². The Balaban J connectivity index is 1.50. The second-order valence-electron chi connectivity index (χ2n) is 6.90. The van der Waals surface area contributed by atoms with E-state index in [0.29, 0.717) is 17.2 Å². The van der Waals surface area contributed by atoms with Gasteiger partial charge in [0.2, 0.25) is 0 Å². The van der Waals surface area contributed by atoms with Gasteiger partial charge in [-0.15, -0.1) is 0 Å². The maximum atomic E-state index is 12.2. The molecule has 2 aromatic rings. The number of carbonyl (C=O) groups excluding carboxylic acids is 1. The second kappa shape index (κ2) is 7.16. The molecule has 2 aromatic carbocycles. The van der Waals surface area contributed by atoms with Gasteiger partial charge in [-0.1, -0.05) is 59.8 Å². The number of hydrogen-bond donors (Lipinski definition) is 0. The van der Waals surface area contributed by atoms with Gasteiger partial charge in [0.25, 0.3) is 0 Å². The Hall–Kier alpha value is -2.88. The molecule has 0 saturated carbocycles. The fourth-order valence-corrected chi connectivity index (χ4v) is 3.70. The summed E-state index contributed by atoms with van der Waals surface area (Å²) in [5, 5.41) is 4.03. The van der Waals surface area contributed by atoms with Gasteiger partial charge in [0, 0.05) is 24.9 Å². The lowest BCUT2D eigenvalue weighted by Crippen LogP contribution is -2.30. The van der Waals surface area contributed by atoms with Gasteiger partial charge in [0.1, 0.15) is 11.3 Å². The van der Waals surface area contributed by atoms with E-state index in [2.05, 4.69) is 40.4 Å². The Labute approximate surface area is 153 Å². The number of hydrogen-bond acceptors (Lipinski definition) is 4. The number of piperidine rings is 1. The van der Waals surface area contributed by atoms with Crippen LogP contribution in [-0.2, 0) is 9.63 Å². The van der Waals surface area contributed by atoms with Crippen LogP contribution in [0.2, 0.25) is 0 Å². The maximum Gasteiger partial charge on any atom is 0.369 e. The van der Waals surface area contributed by atoms with Crippen LogP contribution in [0.1, 0.15) is 35.4 Å². The Bertz CT molecular complexity index is 863. The summed E-state index contributed by atoms with van der Waals surface area (Å²) >= 11 is 0. The predicted molar refractivity (Wildman–Crippen MR) is 102 cm³/mol. The highest BCUT2D eigenvalue weighted by atomic mass is 16.7. The highest BCUT2D eigenvalue weighted by Crippen LogP contribution is 2.29. The minimum atomic E-state index is -0.367. The Morgan fingerprint density at radius 2 is 1.73 bits per heavy atom. The molecule has 0 atom stereocenters. The summed E-state index contributed by atoms with van der Waals surface area (Å²) in [7, 11) is 0. The molecule has 26 heavy (non-hydrogen) atoms. The fraction of sp³-hybridized carbons (Fsp3) is 0.273. The lowest BCUT2D eigenvalue weighted by atomic mass is 9.89. The van der Waals surface area contributed by atoms with Gasteiger partial charge >= 0.3 is 5.97 Å². The average Bonchev–Trinajstić information content (AvgIpc) is 3.04. The highest BCUT2D eigenvalue weighted by Gasteiger charge is 2.29. The van der Waals surface area contributed by atoms with E-state index in [1.54, 1.807) is 0 Å². The largest absolute Gasteiger partial charge is 0.377 e. The number of rotatable bonds is 3. The van der Waals surface area contributed by atoms with Crippen LogP contribution in [0.3, 0.4) is 0 Å². The van der Waals surface area contributed by atoms with E-state index in [9.17, 15) is 4.79 Å². The van der Waals surface area contributed by atoms with Gasteiger partial charge in [0.05, 0.1) is 0 Å². The van der Waals surface area contributed by atoms with Crippen molar-refractivity contribution in [3.63, 3.8) is 0 Å². The Morgan fingerprint density at radius 3 is 2.46 bits per heavy atom. The van der Waals surface area contributed by atoms with Crippen molar-refractivity contribution in [1.29, 1.82) is 0 Å². The van der Waals surface area contributed by atoms with E-state index >= 15 is 0 Å². The molecule has 2 aliphatic heterocycles. The summed E-state index contributed by atoms with van der Waals surface area (Å²) in [5.41, 5.74) is 4.62. The minimum absolute atomic E-state index is 0.367. The quantitative estimate of drug-likeness (QED) is 0.623. The van der Waals surface area contributed by atoms with Crippen LogP contribution in [0, 0.1) is 6.92 Å². The third-order valence-corrected chi connectivity index (χ3v) is 5.21. The monoisotopic (exact) mass is 346 g/mol. The molecule has 0 aliphatic carbocycles. The Morgan fingerprint density at radius 1 is 1.04 bits per heavy atom. The van der Waals surface area contributed by atoms with Gasteiger partial charge < -0.3 is 9.74 Å². The van der Waals surface area contributed by atoms with Gasteiger partial charge in [0.15, 0.2) is 0 Å². The smallest absolute Gasteiger partial charge is 0.369 e. The molecule has 0 radical (unpaired) electrons. The molecule has 0 N–H and O–H groups in total. The van der Waals surface area contributed by atoms with E-state index < -0.39 is 0 Å². The van der Waals surface area contributed by atoms with Gasteiger partial charge in [-0.2, -0.15) is 0 Å². The normalized spacial score (nSPS) is 19.6. The molecule has 0 aromatic heterocycles. The summed E-state index contributed by atoms with van der Waals surface area (Å²) in [6.45, 7) is 3.87. The fourth-order valence-electron chi connectivity index (χ4n) is 3.70. The summed E-state index contributed by atoms with van der Waals surface area (Å²) in [6.07, 6.45) is 4.10. The predicted octanol–water partition coefficient (Wildman–Crippen LogP) is 4.02. The van der Waals surface area contributed by atoms with E-state index in [-0.39, 0.29) is 5.97 Å². The molecule has 1 fully saturated rings. The first kappa shape index (κ1) is 16.6. The highest BCUT2D eigenvalue weighted by molar-refractivity contribution is 6.29. The third kappa shape index (κ3) is 3.27. The molecule has 4 rings (SSSR count). The molecule has 0 bridgehead atoms. The SMILES string of the molecule is Cc1ccccc1C1=NOC(=O)/C1=C\N1CCC(c2ccccc2)CC1. The number of benzene rings is 2. The van der Waals surface area contributed by atoms with Crippen LogP contribution in [0.5, 0.6) is 0 Å². The first-order valence-electron chi connectivity index (χ1n) is 9.09. The van der Waals surface area contributed by atoms with Crippen molar-refractivity contribution in [2.75, 3.05) is 13.1 Å². The standard InChI is InChI=1S/C22H22N2O2/c1-16-7-5-6-10-19(16)21-20(22(25)26-23-21)15-24-13-11-18(12-14-24)17-8-3-2-4-9-17/h2-10,15,18H,11-14H2,1H3/b20-15-. The van der Waals surface area contributed by atoms with E-state index in [4.69, 9.17) is 4.84 Å². The maximum absolute atomic E-state index is 12.2. The molecule has 1 saturated heterocycles. The van der Waals surface area contributed by atoms with E-state index in [1.165, 1.54) is 5.56 Å². The van der Waals surface area contributed by atoms with Gasteiger partial charge in [-0.25, -0.2) is 4.79 Å². The van der Waals surface area contributed by atoms with Crippen LogP contribution < -0.4 is 0 Å². The second-order valence-corrected chi connectivity index (χ2v) is 6.90. The van der Waals surface area contributed by atoms with Crippen LogP contribution in [-0.4, -0.2) is 29.7 Å². The molecule has 4 heteroatoms. The zero-order valence-corrected chi connectivity index (χ0v) is 14.9. The molecule has 2 aliphatic rings. The number of oxime groups is 1. The zero-order valence-electron chi connectivity index (χ0n) is 14.9. The van der Waals surface area contributed by atoms with Crippen molar-refractivity contribution in [1.82, 2.24) is 4.90 Å². The lowest BCUT2D eigenvalue weighted by Gasteiger charge is -2.31. The van der Waals surface area contributed by atoms with Crippen molar-refractivity contribution >= 4 is 11.7 Å². The molecule has 0 spiro atoms. The van der Waals surface area contributed by atoms with Crippen molar-refractivity contribution in [2.24, 2.45) is 5.16 Å². The zero-order chi connectivity index (χ0) is 17.9. The molecule has 2 heterocycles. The van der Waals surface area contributed by atoms with Gasteiger partial charge in [-0.3, -0.25) is 0 Å². The van der Waals surface area contributed by atoms with Crippen molar-refractivity contribution < 1.29 is 9.63 Å². The summed E-state index contributed by atoms with van der Waals surface area (Å²) in [5.74, 6) is 0.222. The Kier molecular flexibility index (Phi) is 4.57. The summed E-state index contributed by atoms with van der Waals surface area (Å²) in [6, 6.07) is 18.6. The lowest BCUT2D eigenvalue weighted by molar-refractivity contribution is -0.136. The van der Waals surface area contributed by atoms with E-state index in [1.807, 2.05) is 37.4 Å². The topological polar surface area (TPSA) is 41.9 Å². The van der Waals surface area contributed by atoms with Gasteiger partial charge in [-0.05, 0) is 36.8 Å². The van der Waals surface area contributed by atoms with Crippen LogP contribution in [0.4, 0.5) is 0 Å². The molecule has 4 nitrogen and oxygen atoms in total. The number of likely N-dealkylation sites (tertiary alicyclic amines) is 1. The van der Waals surface area contributed by atoms with Crippen LogP contribution >= 0.6 is 0 Å². The number of carbonyl (C=O) groups is 1. The van der Waals surface area contributed by atoms with Crippen molar-refractivity contribution in [3.8, 4) is 0 Å². The van der Waals surface area contributed by atoms with Crippen molar-refractivity contribution in [2.45, 2.75) is 25.7 Å².